The average Bonchev–Trinajstić information content (AvgIpc) is 2.39. The summed E-state index contributed by atoms with van der Waals surface area (Å²) >= 11 is 0. The van der Waals surface area contributed by atoms with Crippen molar-refractivity contribution in [3.8, 4) is 0 Å². The molecule has 0 amide bonds. The Labute approximate surface area is 105 Å². The molecule has 0 aromatic rings. The van der Waals surface area contributed by atoms with Gasteiger partial charge in [0.1, 0.15) is 0 Å². The van der Waals surface area contributed by atoms with E-state index in [9.17, 15) is 0 Å². The zero-order valence-electron chi connectivity index (χ0n) is 12.1. The molecule has 3 nitrogen and oxygen atoms in total. The van der Waals surface area contributed by atoms with E-state index >= 15 is 0 Å². The van der Waals surface area contributed by atoms with Gasteiger partial charge in [-0.05, 0) is 48.0 Å². The van der Waals surface area contributed by atoms with Crippen molar-refractivity contribution in [3.05, 3.63) is 0 Å². The molecule has 2 rings (SSSR count). The number of hydrogen-bond acceptors (Lipinski definition) is 3. The van der Waals surface area contributed by atoms with Crippen LogP contribution in [0, 0.1) is 0 Å². The molecule has 2 heterocycles. The summed E-state index contributed by atoms with van der Waals surface area (Å²) in [6.07, 6.45) is 2.61. The van der Waals surface area contributed by atoms with Gasteiger partial charge >= 0.3 is 0 Å². The third-order valence-electron chi connectivity index (χ3n) is 3.91. The third-order valence-corrected chi connectivity index (χ3v) is 3.91. The Hall–Kier alpha value is -0.120. The highest BCUT2D eigenvalue weighted by Crippen LogP contribution is 2.40. The molecule has 2 unspecified atom stereocenters. The second kappa shape index (κ2) is 4.22. The normalized spacial score (nSPS) is 44.5. The van der Waals surface area contributed by atoms with E-state index in [0.29, 0.717) is 18.2 Å². The third kappa shape index (κ3) is 2.67. The summed E-state index contributed by atoms with van der Waals surface area (Å²) in [6, 6.07) is 0.521. The second-order valence-electron chi connectivity index (χ2n) is 6.86. The van der Waals surface area contributed by atoms with Gasteiger partial charge in [-0.3, -0.25) is 4.90 Å². The Bertz CT molecular complexity index is 274. The van der Waals surface area contributed by atoms with Crippen LogP contribution in [-0.2, 0) is 9.47 Å². The maximum absolute atomic E-state index is 6.14. The molecule has 0 saturated carbocycles. The Kier molecular flexibility index (Phi) is 3.30. The van der Waals surface area contributed by atoms with Crippen molar-refractivity contribution < 1.29 is 9.47 Å². The molecular weight excluding hydrogens is 214 g/mol. The molecular formula is C14H27NO2. The fourth-order valence-corrected chi connectivity index (χ4v) is 3.43. The smallest absolute Gasteiger partial charge is 0.183 e. The molecule has 3 heteroatoms. The van der Waals surface area contributed by atoms with Crippen LogP contribution in [0.2, 0.25) is 0 Å². The quantitative estimate of drug-likeness (QED) is 0.651. The largest absolute Gasteiger partial charge is 0.345 e. The fourth-order valence-electron chi connectivity index (χ4n) is 3.43. The van der Waals surface area contributed by atoms with Gasteiger partial charge in [0.15, 0.2) is 5.79 Å². The second-order valence-corrected chi connectivity index (χ2v) is 6.86. The molecule has 0 aromatic heterocycles. The number of nitrogens with zero attached hydrogens (tertiary/aromatic N) is 1. The number of hydrogen-bond donors (Lipinski definition) is 0. The highest BCUT2D eigenvalue weighted by molar-refractivity contribution is 4.97. The zero-order chi connectivity index (χ0) is 12.8. The first-order valence-corrected chi connectivity index (χ1v) is 6.84. The van der Waals surface area contributed by atoms with Crippen molar-refractivity contribution in [3.63, 3.8) is 0 Å². The van der Waals surface area contributed by atoms with Crippen LogP contribution < -0.4 is 0 Å². The summed E-state index contributed by atoms with van der Waals surface area (Å²) < 4.78 is 12.3. The van der Waals surface area contributed by atoms with Crippen LogP contribution >= 0.6 is 0 Å². The summed E-state index contributed by atoms with van der Waals surface area (Å²) in [7, 11) is 0. The lowest BCUT2D eigenvalue weighted by molar-refractivity contribution is -0.304. The van der Waals surface area contributed by atoms with Gasteiger partial charge in [-0.25, -0.2) is 0 Å². The first kappa shape index (κ1) is 13.3. The van der Waals surface area contributed by atoms with E-state index < -0.39 is 0 Å². The first-order valence-electron chi connectivity index (χ1n) is 6.84. The number of rotatable bonds is 0. The Morgan fingerprint density at radius 1 is 1.06 bits per heavy atom. The minimum atomic E-state index is -0.357. The monoisotopic (exact) mass is 241 g/mol. The topological polar surface area (TPSA) is 21.7 Å². The lowest BCUT2D eigenvalue weighted by atomic mass is 10.1. The first-order chi connectivity index (χ1) is 7.72. The van der Waals surface area contributed by atoms with Crippen LogP contribution in [0.5, 0.6) is 0 Å². The molecule has 17 heavy (non-hydrogen) atoms. The molecule has 0 aromatic carbocycles. The van der Waals surface area contributed by atoms with E-state index in [4.69, 9.17) is 9.47 Å². The van der Waals surface area contributed by atoms with Crippen LogP contribution in [-0.4, -0.2) is 41.0 Å². The highest BCUT2D eigenvalue weighted by Gasteiger charge is 2.50. The SMILES string of the molecule is CC1CC(C)OC2(C[C@@H](C)N(C(C)(C)C)C2)O1. The molecule has 2 aliphatic heterocycles. The van der Waals surface area contributed by atoms with Gasteiger partial charge in [0.2, 0.25) is 0 Å². The maximum Gasteiger partial charge on any atom is 0.183 e. The molecule has 0 N–H and O–H groups in total. The van der Waals surface area contributed by atoms with Crippen molar-refractivity contribution in [1.82, 2.24) is 4.90 Å². The van der Waals surface area contributed by atoms with E-state index in [1.807, 2.05) is 0 Å². The van der Waals surface area contributed by atoms with Crippen molar-refractivity contribution in [2.75, 3.05) is 6.54 Å². The molecule has 2 fully saturated rings. The average molecular weight is 241 g/mol. The van der Waals surface area contributed by atoms with Crippen LogP contribution in [0.1, 0.15) is 54.4 Å². The fraction of sp³-hybridized carbons (Fsp3) is 1.00. The standard InChI is InChI=1S/C14H27NO2/c1-10-8-14(9-15(10)13(4,5)6)16-11(2)7-12(3)17-14/h10-12H,7-9H2,1-6H3/t10-,11?,12?,14?/m1/s1. The minimum Gasteiger partial charge on any atom is -0.345 e. The summed E-state index contributed by atoms with van der Waals surface area (Å²) in [4.78, 5) is 2.50. The lowest BCUT2D eigenvalue weighted by Gasteiger charge is -2.42. The summed E-state index contributed by atoms with van der Waals surface area (Å²) in [5.74, 6) is -0.357. The van der Waals surface area contributed by atoms with E-state index in [-0.39, 0.29) is 11.3 Å². The maximum atomic E-state index is 6.14. The molecule has 3 atom stereocenters. The molecule has 0 aliphatic carbocycles. The number of likely N-dealkylation sites (tertiary alicyclic amines) is 1. The predicted octanol–water partition coefficient (Wildman–Crippen LogP) is 2.79. The minimum absolute atomic E-state index is 0.180. The van der Waals surface area contributed by atoms with Crippen molar-refractivity contribution in [2.45, 2.75) is 84.0 Å². The number of ether oxygens (including phenoxy) is 2. The van der Waals surface area contributed by atoms with Crippen LogP contribution in [0.3, 0.4) is 0 Å². The zero-order valence-corrected chi connectivity index (χ0v) is 12.1. The van der Waals surface area contributed by atoms with Gasteiger partial charge < -0.3 is 9.47 Å². The Morgan fingerprint density at radius 2 is 1.59 bits per heavy atom. The molecule has 2 saturated heterocycles. The van der Waals surface area contributed by atoms with E-state index in [1.54, 1.807) is 0 Å². The molecule has 100 valence electrons. The Balaban J connectivity index is 2.14. The van der Waals surface area contributed by atoms with Gasteiger partial charge in [-0.1, -0.05) is 0 Å². The van der Waals surface area contributed by atoms with Crippen LogP contribution in [0.4, 0.5) is 0 Å². The van der Waals surface area contributed by atoms with Gasteiger partial charge in [0.05, 0.1) is 18.8 Å². The highest BCUT2D eigenvalue weighted by atomic mass is 16.7. The molecule has 2 aliphatic rings. The van der Waals surface area contributed by atoms with Crippen molar-refractivity contribution in [2.24, 2.45) is 0 Å². The summed E-state index contributed by atoms with van der Waals surface area (Å²) in [5.41, 5.74) is 0.180. The van der Waals surface area contributed by atoms with Crippen LogP contribution in [0.15, 0.2) is 0 Å². The Morgan fingerprint density at radius 3 is 2.00 bits per heavy atom. The van der Waals surface area contributed by atoms with Crippen LogP contribution in [0.25, 0.3) is 0 Å². The van der Waals surface area contributed by atoms with Gasteiger partial charge in [-0.15, -0.1) is 0 Å². The van der Waals surface area contributed by atoms with E-state index in [1.165, 1.54) is 0 Å². The summed E-state index contributed by atoms with van der Waals surface area (Å²) in [6.45, 7) is 14.3. The molecule has 0 bridgehead atoms. The van der Waals surface area contributed by atoms with Gasteiger partial charge in [0, 0.05) is 18.0 Å². The van der Waals surface area contributed by atoms with Crippen molar-refractivity contribution in [1.29, 1.82) is 0 Å². The summed E-state index contributed by atoms with van der Waals surface area (Å²) in [5, 5.41) is 0. The van der Waals surface area contributed by atoms with Crippen molar-refractivity contribution >= 4 is 0 Å². The van der Waals surface area contributed by atoms with E-state index in [2.05, 4.69) is 46.4 Å². The molecule has 0 radical (unpaired) electrons. The van der Waals surface area contributed by atoms with Gasteiger partial charge in [-0.2, -0.15) is 0 Å². The predicted molar refractivity (Wildman–Crippen MR) is 69.0 cm³/mol. The van der Waals surface area contributed by atoms with E-state index in [0.717, 1.165) is 19.4 Å². The molecule has 1 spiro atoms. The lowest BCUT2D eigenvalue weighted by Crippen LogP contribution is -2.51. The van der Waals surface area contributed by atoms with Gasteiger partial charge in [0.25, 0.3) is 0 Å².